The summed E-state index contributed by atoms with van der Waals surface area (Å²) < 4.78 is 0. The number of carbonyl (C=O) groups is 2. The fraction of sp³-hybridized carbons (Fsp3) is 0.550. The highest BCUT2D eigenvalue weighted by atomic mass is 16.6. The molecule has 10 heteroatoms. The lowest BCUT2D eigenvalue weighted by molar-refractivity contribution is -0.993. The zero-order chi connectivity index (χ0) is 21.1. The number of pyridine rings is 1. The van der Waals surface area contributed by atoms with Gasteiger partial charge < -0.3 is 20.7 Å². The second-order valence-electron chi connectivity index (χ2n) is 8.00. The van der Waals surface area contributed by atoms with Gasteiger partial charge in [-0.3, -0.25) is 14.6 Å². The van der Waals surface area contributed by atoms with Crippen molar-refractivity contribution in [3.63, 3.8) is 0 Å². The van der Waals surface area contributed by atoms with Crippen LogP contribution in [-0.2, 0) is 0 Å². The quantitative estimate of drug-likeness (QED) is 0.296. The molecule has 10 nitrogen and oxygen atoms in total. The number of rotatable bonds is 8. The molecule has 2 aliphatic heterocycles. The highest BCUT2D eigenvalue weighted by molar-refractivity contribution is 6.25. The Morgan fingerprint density at radius 2 is 2.03 bits per heavy atom. The zero-order valence-corrected chi connectivity index (χ0v) is 17.2. The Morgan fingerprint density at radius 3 is 2.83 bits per heavy atom. The molecule has 1 unspecified atom stereocenters. The summed E-state index contributed by atoms with van der Waals surface area (Å²) in [7, 11) is 2.16. The Kier molecular flexibility index (Phi) is 6.40. The molecular weight excluding hydrogens is 386 g/mol. The van der Waals surface area contributed by atoms with Crippen molar-refractivity contribution in [2.24, 2.45) is 0 Å². The second kappa shape index (κ2) is 9.19. The van der Waals surface area contributed by atoms with E-state index >= 15 is 0 Å². The molecule has 4 N–H and O–H groups in total. The van der Waals surface area contributed by atoms with E-state index in [0.717, 1.165) is 32.7 Å². The van der Waals surface area contributed by atoms with E-state index in [0.29, 0.717) is 19.0 Å². The Labute approximate surface area is 175 Å². The highest BCUT2D eigenvalue weighted by Gasteiger charge is 2.43. The second-order valence-corrected chi connectivity index (χ2v) is 8.00. The van der Waals surface area contributed by atoms with E-state index in [1.807, 2.05) is 0 Å². The molecule has 1 fully saturated rings. The van der Waals surface area contributed by atoms with Crippen LogP contribution in [0.4, 0.5) is 0 Å². The van der Waals surface area contributed by atoms with Gasteiger partial charge in [-0.05, 0) is 58.1 Å². The van der Waals surface area contributed by atoms with Crippen LogP contribution in [0.25, 0.3) is 0 Å². The van der Waals surface area contributed by atoms with Crippen LogP contribution >= 0.6 is 0 Å². The number of hydrogen-bond acceptors (Lipinski definition) is 9. The van der Waals surface area contributed by atoms with Gasteiger partial charge in [0.25, 0.3) is 0 Å². The number of piperidine rings is 1. The van der Waals surface area contributed by atoms with Crippen LogP contribution in [0.5, 0.6) is 0 Å². The number of hydrogen-bond donors (Lipinski definition) is 4. The highest BCUT2D eigenvalue weighted by Crippen LogP contribution is 2.25. The van der Waals surface area contributed by atoms with Crippen LogP contribution in [0, 0.1) is 5.21 Å². The van der Waals surface area contributed by atoms with Crippen LogP contribution in [0.1, 0.15) is 40.1 Å². The molecule has 30 heavy (non-hydrogen) atoms. The van der Waals surface area contributed by atoms with Crippen LogP contribution in [-0.4, -0.2) is 78.8 Å². The molecule has 0 aromatic carbocycles. The van der Waals surface area contributed by atoms with Gasteiger partial charge >= 0.3 is 0 Å². The van der Waals surface area contributed by atoms with Gasteiger partial charge in [-0.1, -0.05) is 0 Å². The number of ketones is 2. The summed E-state index contributed by atoms with van der Waals surface area (Å²) in [5.74, 6) is -0.740. The number of Topliss-reactive ketones (excluding diaryl/α,β-unsaturated/α-hetero) is 2. The molecule has 0 radical (unpaired) electrons. The van der Waals surface area contributed by atoms with E-state index in [2.05, 4.69) is 33.0 Å². The average molecular weight is 415 g/mol. The van der Waals surface area contributed by atoms with Crippen molar-refractivity contribution in [1.29, 1.82) is 0 Å². The van der Waals surface area contributed by atoms with E-state index in [1.165, 1.54) is 24.0 Å². The predicted octanol–water partition coefficient (Wildman–Crippen LogP) is -1.55. The third kappa shape index (κ3) is 4.23. The molecular formula is C20H29N7O3. The molecule has 1 saturated heterocycles. The van der Waals surface area contributed by atoms with E-state index in [4.69, 9.17) is 0 Å². The standard InChI is InChI=1S/C20H29N7O3/c1-25-12-5-14(6-13-25)22-10-9-21-7-3-11-26-18-17(24-27(26)30)19(28)15-4-2-8-23-16(15)20(18)29/h2,4,8,14,21-22,24,27H,3,5-7,9-13H2,1H3. The summed E-state index contributed by atoms with van der Waals surface area (Å²) in [6.45, 7) is 5.12. The topological polar surface area (TPSA) is 117 Å². The number of likely N-dealkylation sites (tertiary alicyclic amines) is 1. The lowest BCUT2D eigenvalue weighted by Gasteiger charge is -2.29. The van der Waals surface area contributed by atoms with Gasteiger partial charge in [-0.15, -0.1) is 0 Å². The smallest absolute Gasteiger partial charge is 0.235 e. The number of allylic oxidation sites excluding steroid dienone is 2. The Morgan fingerprint density at radius 1 is 1.23 bits per heavy atom. The minimum absolute atomic E-state index is 0.0702. The molecule has 3 aliphatic rings. The predicted molar refractivity (Wildman–Crippen MR) is 110 cm³/mol. The molecule has 1 aromatic heterocycles. The summed E-state index contributed by atoms with van der Waals surface area (Å²) in [6.07, 6.45) is 4.52. The van der Waals surface area contributed by atoms with Crippen molar-refractivity contribution in [2.75, 3.05) is 46.3 Å². The van der Waals surface area contributed by atoms with Gasteiger partial charge in [-0.25, -0.2) is 5.43 Å². The van der Waals surface area contributed by atoms with Crippen molar-refractivity contribution in [3.8, 4) is 0 Å². The van der Waals surface area contributed by atoms with Crippen LogP contribution in [0.3, 0.4) is 0 Å². The molecule has 3 heterocycles. The summed E-state index contributed by atoms with van der Waals surface area (Å²) >= 11 is 0. The van der Waals surface area contributed by atoms with Gasteiger partial charge in [0.2, 0.25) is 11.6 Å². The number of quaternary nitrogens is 1. The normalized spacial score (nSPS) is 22.3. The van der Waals surface area contributed by atoms with Crippen molar-refractivity contribution < 1.29 is 14.9 Å². The van der Waals surface area contributed by atoms with Gasteiger partial charge in [-0.2, -0.15) is 10.3 Å². The maximum atomic E-state index is 12.8. The Bertz CT molecular complexity index is 835. The number of nitrogens with zero attached hydrogens (tertiary/aromatic N) is 3. The molecule has 162 valence electrons. The zero-order valence-electron chi connectivity index (χ0n) is 17.2. The number of fused-ring (bicyclic) bond motifs is 1. The Hall–Kier alpha value is -2.37. The van der Waals surface area contributed by atoms with E-state index in [-0.39, 0.29) is 34.2 Å². The molecule has 0 saturated carbocycles. The van der Waals surface area contributed by atoms with Crippen LogP contribution in [0.15, 0.2) is 29.7 Å². The molecule has 0 bridgehead atoms. The summed E-state index contributed by atoms with van der Waals surface area (Å²) in [5.41, 5.74) is 3.11. The minimum Gasteiger partial charge on any atom is -0.582 e. The number of carbonyl (C=O) groups excluding carboxylic acids is 2. The number of nitrogens with one attached hydrogen (secondary N) is 4. The molecule has 4 rings (SSSR count). The molecule has 1 aromatic rings. The van der Waals surface area contributed by atoms with Crippen molar-refractivity contribution >= 4 is 11.6 Å². The fourth-order valence-corrected chi connectivity index (χ4v) is 4.16. The van der Waals surface area contributed by atoms with Crippen LogP contribution < -0.4 is 21.3 Å². The van der Waals surface area contributed by atoms with Gasteiger partial charge in [0.15, 0.2) is 11.4 Å². The summed E-state index contributed by atoms with van der Waals surface area (Å²) in [4.78, 5) is 31.8. The fourth-order valence-electron chi connectivity index (χ4n) is 4.16. The van der Waals surface area contributed by atoms with Crippen molar-refractivity contribution in [2.45, 2.75) is 25.3 Å². The van der Waals surface area contributed by atoms with Gasteiger partial charge in [0, 0.05) is 25.3 Å². The van der Waals surface area contributed by atoms with E-state index in [1.54, 1.807) is 12.1 Å². The molecule has 1 aliphatic carbocycles. The summed E-state index contributed by atoms with van der Waals surface area (Å²) in [5, 5.41) is 20.2. The van der Waals surface area contributed by atoms with E-state index < -0.39 is 5.28 Å². The lowest BCUT2D eigenvalue weighted by Crippen LogP contribution is -3.17. The van der Waals surface area contributed by atoms with Crippen LogP contribution in [0.2, 0.25) is 0 Å². The van der Waals surface area contributed by atoms with Gasteiger partial charge in [0.1, 0.15) is 5.69 Å². The maximum Gasteiger partial charge on any atom is 0.235 e. The third-order valence-electron chi connectivity index (χ3n) is 5.88. The summed E-state index contributed by atoms with van der Waals surface area (Å²) in [6, 6.07) is 3.76. The third-order valence-corrected chi connectivity index (χ3v) is 5.88. The first-order valence-electron chi connectivity index (χ1n) is 10.6. The van der Waals surface area contributed by atoms with Crippen molar-refractivity contribution in [1.82, 2.24) is 31.0 Å². The van der Waals surface area contributed by atoms with Crippen molar-refractivity contribution in [3.05, 3.63) is 46.2 Å². The van der Waals surface area contributed by atoms with Gasteiger partial charge in [0.05, 0.1) is 12.1 Å². The first-order valence-corrected chi connectivity index (χ1v) is 10.6. The number of aromatic nitrogens is 1. The minimum atomic E-state index is -0.432. The molecule has 0 spiro atoms. The molecule has 1 atom stereocenters. The largest absolute Gasteiger partial charge is 0.582 e. The lowest BCUT2D eigenvalue weighted by atomic mass is 9.95. The monoisotopic (exact) mass is 415 g/mol. The molecule has 0 amide bonds. The SMILES string of the molecule is CN1CCC(NCCNCCCN2C3=C(N[NH+]2[O-])C(=O)c2cccnc2C3=O)CC1. The first kappa shape index (κ1) is 20.9. The first-order chi connectivity index (χ1) is 14.6. The average Bonchev–Trinajstić information content (AvgIpc) is 3.09. The maximum absolute atomic E-state index is 12.8. The Balaban J connectivity index is 1.23. The van der Waals surface area contributed by atoms with E-state index in [9.17, 15) is 14.8 Å².